The fourth-order valence-corrected chi connectivity index (χ4v) is 5.18. The van der Waals surface area contributed by atoms with E-state index in [1.807, 2.05) is 6.07 Å². The summed E-state index contributed by atoms with van der Waals surface area (Å²) in [6.07, 6.45) is 7.51. The van der Waals surface area contributed by atoms with Crippen LogP contribution in [0, 0.1) is 17.8 Å². The maximum absolute atomic E-state index is 12.7. The van der Waals surface area contributed by atoms with E-state index in [4.69, 9.17) is 9.47 Å². The van der Waals surface area contributed by atoms with Gasteiger partial charge in [-0.05, 0) is 61.1 Å². The van der Waals surface area contributed by atoms with E-state index >= 15 is 0 Å². The van der Waals surface area contributed by atoms with E-state index in [9.17, 15) is 4.79 Å². The van der Waals surface area contributed by atoms with Gasteiger partial charge in [0.15, 0.2) is 11.5 Å². The Morgan fingerprint density at radius 3 is 2.83 bits per heavy atom. The van der Waals surface area contributed by atoms with E-state index < -0.39 is 0 Å². The summed E-state index contributed by atoms with van der Waals surface area (Å²) in [7, 11) is 0. The van der Waals surface area contributed by atoms with Gasteiger partial charge in [-0.1, -0.05) is 6.42 Å². The van der Waals surface area contributed by atoms with Crippen molar-refractivity contribution in [2.75, 3.05) is 13.3 Å². The van der Waals surface area contributed by atoms with Gasteiger partial charge in [-0.3, -0.25) is 9.79 Å². The van der Waals surface area contributed by atoms with Gasteiger partial charge in [0, 0.05) is 30.7 Å². The highest BCUT2D eigenvalue weighted by atomic mass is 16.7. The molecule has 2 bridgehead atoms. The Hall–Kier alpha value is -1.84. The molecule has 1 aromatic rings. The quantitative estimate of drug-likeness (QED) is 0.850. The summed E-state index contributed by atoms with van der Waals surface area (Å²) in [5.41, 5.74) is 3.27. The van der Waals surface area contributed by atoms with Crippen molar-refractivity contribution in [2.24, 2.45) is 22.7 Å². The number of nitrogens with zero attached hydrogens (tertiary/aromatic N) is 1. The zero-order valence-corrected chi connectivity index (χ0v) is 13.9. The molecule has 0 aromatic heterocycles. The van der Waals surface area contributed by atoms with E-state index in [0.29, 0.717) is 18.1 Å². The van der Waals surface area contributed by atoms with Crippen LogP contribution in [0.3, 0.4) is 0 Å². The van der Waals surface area contributed by atoms with Crippen LogP contribution in [-0.4, -0.2) is 24.8 Å². The Kier molecular flexibility index (Phi) is 3.39. The Balaban J connectivity index is 1.31. The number of aliphatic imine (C=N–C) groups is 1. The summed E-state index contributed by atoms with van der Waals surface area (Å²) < 4.78 is 11.0. The molecule has 0 amide bonds. The van der Waals surface area contributed by atoms with Gasteiger partial charge in [0.1, 0.15) is 5.78 Å². The molecule has 2 heterocycles. The average molecular weight is 325 g/mol. The lowest BCUT2D eigenvalue weighted by atomic mass is 9.84. The molecule has 0 N–H and O–H groups in total. The number of hydrogen-bond acceptors (Lipinski definition) is 4. The molecular weight excluding hydrogens is 302 g/mol. The molecule has 4 heteroatoms. The summed E-state index contributed by atoms with van der Waals surface area (Å²) in [5.74, 6) is 4.31. The molecule has 1 aromatic carbocycles. The Morgan fingerprint density at radius 1 is 1.17 bits per heavy atom. The highest BCUT2D eigenvalue weighted by molar-refractivity contribution is 6.12. The van der Waals surface area contributed by atoms with E-state index in [0.717, 1.165) is 54.0 Å². The average Bonchev–Trinajstić information content (AvgIpc) is 3.29. The Morgan fingerprint density at radius 2 is 2.04 bits per heavy atom. The number of fused-ring (bicyclic) bond motifs is 4. The number of Topliss-reactive ketones (excluding diaryl/α,β-unsaturated/α-hetero) is 1. The number of benzene rings is 1. The minimum Gasteiger partial charge on any atom is -0.454 e. The molecule has 2 saturated carbocycles. The molecule has 4 aliphatic rings. The van der Waals surface area contributed by atoms with E-state index in [-0.39, 0.29) is 6.79 Å². The lowest BCUT2D eigenvalue weighted by Crippen LogP contribution is -2.20. The molecule has 0 spiro atoms. The Labute approximate surface area is 142 Å². The third kappa shape index (κ3) is 2.43. The van der Waals surface area contributed by atoms with Crippen LogP contribution < -0.4 is 9.47 Å². The van der Waals surface area contributed by atoms with Crippen LogP contribution in [0.2, 0.25) is 0 Å². The van der Waals surface area contributed by atoms with Crippen LogP contribution in [0.15, 0.2) is 17.1 Å². The number of ketones is 1. The largest absolute Gasteiger partial charge is 0.454 e. The van der Waals surface area contributed by atoms with E-state index in [1.54, 1.807) is 0 Å². The van der Waals surface area contributed by atoms with Gasteiger partial charge in [0.05, 0.1) is 0 Å². The smallest absolute Gasteiger partial charge is 0.231 e. The predicted molar refractivity (Wildman–Crippen MR) is 90.9 cm³/mol. The van der Waals surface area contributed by atoms with Crippen molar-refractivity contribution < 1.29 is 14.3 Å². The predicted octanol–water partition coefficient (Wildman–Crippen LogP) is 3.55. The normalized spacial score (nSPS) is 29.5. The van der Waals surface area contributed by atoms with Crippen molar-refractivity contribution in [2.45, 2.75) is 44.9 Å². The van der Waals surface area contributed by atoms with E-state index in [2.05, 4.69) is 11.1 Å². The van der Waals surface area contributed by atoms with Gasteiger partial charge in [-0.2, -0.15) is 0 Å². The Bertz CT molecular complexity index is 724. The van der Waals surface area contributed by atoms with Crippen molar-refractivity contribution in [3.8, 4) is 11.5 Å². The summed E-state index contributed by atoms with van der Waals surface area (Å²) >= 11 is 0. The van der Waals surface area contributed by atoms with Gasteiger partial charge in [0.25, 0.3) is 0 Å². The van der Waals surface area contributed by atoms with Crippen LogP contribution >= 0.6 is 0 Å². The van der Waals surface area contributed by atoms with Crippen molar-refractivity contribution in [1.29, 1.82) is 0 Å². The second kappa shape index (κ2) is 5.61. The fourth-order valence-electron chi connectivity index (χ4n) is 5.18. The molecule has 4 nitrogen and oxygen atoms in total. The second-order valence-corrected chi connectivity index (χ2v) is 7.80. The first-order valence-electron chi connectivity index (χ1n) is 9.24. The van der Waals surface area contributed by atoms with Gasteiger partial charge in [-0.15, -0.1) is 0 Å². The lowest BCUT2D eigenvalue weighted by molar-refractivity contribution is -0.119. The number of ether oxygens (including phenoxy) is 2. The molecule has 5 rings (SSSR count). The van der Waals surface area contributed by atoms with Gasteiger partial charge < -0.3 is 9.47 Å². The van der Waals surface area contributed by atoms with Gasteiger partial charge in [0.2, 0.25) is 6.79 Å². The van der Waals surface area contributed by atoms with Crippen molar-refractivity contribution in [3.63, 3.8) is 0 Å². The third-order valence-corrected chi connectivity index (χ3v) is 6.33. The fraction of sp³-hybridized carbons (Fsp3) is 0.600. The topological polar surface area (TPSA) is 47.9 Å². The third-order valence-electron chi connectivity index (χ3n) is 6.33. The minimum atomic E-state index is 0.286. The first-order chi connectivity index (χ1) is 11.8. The molecule has 2 aliphatic carbocycles. The highest BCUT2D eigenvalue weighted by Crippen LogP contribution is 2.49. The number of rotatable bonds is 4. The summed E-state index contributed by atoms with van der Waals surface area (Å²) in [5, 5.41) is 0. The lowest BCUT2D eigenvalue weighted by Gasteiger charge is -2.22. The maximum Gasteiger partial charge on any atom is 0.231 e. The summed E-state index contributed by atoms with van der Waals surface area (Å²) in [4.78, 5) is 17.3. The van der Waals surface area contributed by atoms with Crippen molar-refractivity contribution in [3.05, 3.63) is 23.3 Å². The maximum atomic E-state index is 12.7. The SMILES string of the molecule is O=C(CC1=NCCc2cc3c(cc21)OCO3)C[C@H]1C[C@H]2CC[C@@H]1C2. The summed E-state index contributed by atoms with van der Waals surface area (Å²) in [6.45, 7) is 1.05. The number of carbonyl (C=O) groups is 1. The van der Waals surface area contributed by atoms with Crippen LogP contribution in [0.5, 0.6) is 11.5 Å². The van der Waals surface area contributed by atoms with Gasteiger partial charge in [-0.25, -0.2) is 0 Å². The molecule has 2 fully saturated rings. The molecule has 126 valence electrons. The monoisotopic (exact) mass is 325 g/mol. The molecule has 3 atom stereocenters. The summed E-state index contributed by atoms with van der Waals surface area (Å²) in [6, 6.07) is 4.08. The standard InChI is InChI=1S/C20H23NO3/c22-16(7-15-6-12-1-2-13(15)5-12)9-18-17-10-20-19(23-11-24-20)8-14(17)3-4-21-18/h8,10,12-13,15H,1-7,9,11H2/t12-,13+,15+/m0/s1. The first kappa shape index (κ1) is 14.5. The van der Waals surface area contributed by atoms with Crippen molar-refractivity contribution in [1.82, 2.24) is 0 Å². The molecule has 0 radical (unpaired) electrons. The van der Waals surface area contributed by atoms with Crippen molar-refractivity contribution >= 4 is 11.5 Å². The van der Waals surface area contributed by atoms with Crippen LogP contribution in [0.25, 0.3) is 0 Å². The number of carbonyl (C=O) groups excluding carboxylic acids is 1. The minimum absolute atomic E-state index is 0.286. The molecule has 0 unspecified atom stereocenters. The first-order valence-corrected chi connectivity index (χ1v) is 9.24. The number of hydrogen-bond donors (Lipinski definition) is 0. The molecule has 2 aliphatic heterocycles. The van der Waals surface area contributed by atoms with Crippen LogP contribution in [0.1, 0.15) is 49.7 Å². The molecule has 0 saturated heterocycles. The zero-order chi connectivity index (χ0) is 16.1. The highest BCUT2D eigenvalue weighted by Gasteiger charge is 2.40. The van der Waals surface area contributed by atoms with Gasteiger partial charge >= 0.3 is 0 Å². The molecular formula is C20H23NO3. The zero-order valence-electron chi connectivity index (χ0n) is 13.9. The van der Waals surface area contributed by atoms with Crippen LogP contribution in [0.4, 0.5) is 0 Å². The van der Waals surface area contributed by atoms with E-state index in [1.165, 1.54) is 31.2 Å². The second-order valence-electron chi connectivity index (χ2n) is 7.80. The van der Waals surface area contributed by atoms with Crippen LogP contribution in [-0.2, 0) is 11.2 Å². The molecule has 24 heavy (non-hydrogen) atoms.